The van der Waals surface area contributed by atoms with Crippen LogP contribution in [-0.2, 0) is 9.53 Å². The Labute approximate surface area is 120 Å². The Balaban J connectivity index is 2.53. The molecular formula is C14H26N2O4. The van der Waals surface area contributed by atoms with Crippen LogP contribution < -0.4 is 5.32 Å². The minimum atomic E-state index is -1.000. The summed E-state index contributed by atoms with van der Waals surface area (Å²) in [5.41, 5.74) is -0.518. The molecule has 0 saturated carbocycles. The molecule has 2 amide bonds. The number of hydrogen-bond donors (Lipinski definition) is 2. The zero-order valence-electron chi connectivity index (χ0n) is 12.8. The lowest BCUT2D eigenvalue weighted by Crippen LogP contribution is -2.54. The Bertz CT molecular complexity index is 344. The molecule has 0 aliphatic carbocycles. The smallest absolute Gasteiger partial charge is 0.326 e. The number of carbonyl (C=O) groups excluding carboxylic acids is 1. The number of carbonyl (C=O) groups is 2. The first kappa shape index (κ1) is 16.8. The van der Waals surface area contributed by atoms with Gasteiger partial charge in [-0.15, -0.1) is 0 Å². The molecule has 0 unspecified atom stereocenters. The van der Waals surface area contributed by atoms with Gasteiger partial charge in [0.05, 0.1) is 0 Å². The van der Waals surface area contributed by atoms with Crippen LogP contribution in [0.5, 0.6) is 0 Å². The summed E-state index contributed by atoms with van der Waals surface area (Å²) < 4.78 is 5.12. The Morgan fingerprint density at radius 2 is 1.90 bits per heavy atom. The van der Waals surface area contributed by atoms with Gasteiger partial charge in [0.25, 0.3) is 0 Å². The average molecular weight is 286 g/mol. The monoisotopic (exact) mass is 286 g/mol. The number of amides is 2. The number of methoxy groups -OCH3 is 1. The number of piperidine rings is 1. The van der Waals surface area contributed by atoms with E-state index in [1.165, 1.54) is 0 Å². The first-order valence-electron chi connectivity index (χ1n) is 7.03. The van der Waals surface area contributed by atoms with Crippen molar-refractivity contribution < 1.29 is 19.4 Å². The van der Waals surface area contributed by atoms with Crippen molar-refractivity contribution in [2.75, 3.05) is 26.8 Å². The first-order chi connectivity index (χ1) is 9.25. The molecule has 6 nitrogen and oxygen atoms in total. The van der Waals surface area contributed by atoms with Crippen LogP contribution in [0, 0.1) is 11.3 Å². The van der Waals surface area contributed by atoms with Crippen molar-refractivity contribution in [1.82, 2.24) is 10.2 Å². The lowest BCUT2D eigenvalue weighted by atomic mass is 9.87. The summed E-state index contributed by atoms with van der Waals surface area (Å²) in [5.74, 6) is -0.512. The molecule has 0 bridgehead atoms. The van der Waals surface area contributed by atoms with E-state index in [9.17, 15) is 14.7 Å². The highest BCUT2D eigenvalue weighted by molar-refractivity contribution is 5.83. The van der Waals surface area contributed by atoms with Gasteiger partial charge in [-0.2, -0.15) is 0 Å². The van der Waals surface area contributed by atoms with Crippen molar-refractivity contribution in [3.8, 4) is 0 Å². The number of carboxylic acids is 1. The molecule has 116 valence electrons. The summed E-state index contributed by atoms with van der Waals surface area (Å²) >= 11 is 0. The van der Waals surface area contributed by atoms with Gasteiger partial charge in [0.2, 0.25) is 0 Å². The van der Waals surface area contributed by atoms with Crippen LogP contribution >= 0.6 is 0 Å². The normalized spacial score (nSPS) is 18.7. The van der Waals surface area contributed by atoms with E-state index >= 15 is 0 Å². The number of nitrogens with zero attached hydrogens (tertiary/aromatic N) is 1. The molecule has 0 radical (unpaired) electrons. The molecule has 1 rings (SSSR count). The summed E-state index contributed by atoms with van der Waals surface area (Å²) in [6.45, 7) is 7.42. The number of hydrogen-bond acceptors (Lipinski definition) is 3. The van der Waals surface area contributed by atoms with Gasteiger partial charge >= 0.3 is 12.0 Å². The Morgan fingerprint density at radius 1 is 1.35 bits per heavy atom. The van der Waals surface area contributed by atoms with Crippen LogP contribution in [-0.4, -0.2) is 54.9 Å². The standard InChI is InChI=1S/C14H26N2O4/c1-14(2,3)11(12(17)18)15-13(19)16-7-5-10(6-8-16)9-20-4/h10-11H,5-9H2,1-4H3,(H,15,19)(H,17,18)/t11-/m1/s1. The SMILES string of the molecule is COCC1CCN(C(=O)N[C@H](C(=O)O)C(C)(C)C)CC1. The fourth-order valence-electron chi connectivity index (χ4n) is 2.40. The van der Waals surface area contributed by atoms with E-state index in [1.54, 1.807) is 32.8 Å². The molecule has 1 saturated heterocycles. The highest BCUT2D eigenvalue weighted by Gasteiger charge is 2.34. The van der Waals surface area contributed by atoms with Gasteiger partial charge < -0.3 is 20.1 Å². The molecule has 1 atom stereocenters. The molecule has 1 heterocycles. The van der Waals surface area contributed by atoms with Gasteiger partial charge in [-0.1, -0.05) is 20.8 Å². The van der Waals surface area contributed by atoms with Crippen molar-refractivity contribution in [3.05, 3.63) is 0 Å². The van der Waals surface area contributed by atoms with Gasteiger partial charge in [0.1, 0.15) is 6.04 Å². The molecule has 6 heteroatoms. The molecule has 0 spiro atoms. The highest BCUT2D eigenvalue weighted by atomic mass is 16.5. The summed E-state index contributed by atoms with van der Waals surface area (Å²) in [6, 6.07) is -1.17. The first-order valence-corrected chi connectivity index (χ1v) is 7.03. The van der Waals surface area contributed by atoms with E-state index in [4.69, 9.17) is 4.74 Å². The van der Waals surface area contributed by atoms with Gasteiger partial charge in [0.15, 0.2) is 0 Å². The van der Waals surface area contributed by atoms with E-state index in [0.29, 0.717) is 19.0 Å². The molecule has 1 fully saturated rings. The maximum Gasteiger partial charge on any atom is 0.326 e. The lowest BCUT2D eigenvalue weighted by Gasteiger charge is -2.34. The zero-order valence-corrected chi connectivity index (χ0v) is 12.8. The third-order valence-corrected chi connectivity index (χ3v) is 3.68. The molecular weight excluding hydrogens is 260 g/mol. The summed E-state index contributed by atoms with van der Waals surface area (Å²) in [5, 5.41) is 11.8. The highest BCUT2D eigenvalue weighted by Crippen LogP contribution is 2.21. The van der Waals surface area contributed by atoms with Crippen LogP contribution in [0.3, 0.4) is 0 Å². The van der Waals surface area contributed by atoms with Crippen LogP contribution in [0.2, 0.25) is 0 Å². The summed E-state index contributed by atoms with van der Waals surface area (Å²) in [6.07, 6.45) is 1.79. The summed E-state index contributed by atoms with van der Waals surface area (Å²) in [4.78, 5) is 25.1. The van der Waals surface area contributed by atoms with E-state index in [1.807, 2.05) is 0 Å². The maximum absolute atomic E-state index is 12.1. The van der Waals surface area contributed by atoms with Gasteiger partial charge in [-0.3, -0.25) is 0 Å². The zero-order chi connectivity index (χ0) is 15.3. The lowest BCUT2D eigenvalue weighted by molar-refractivity contribution is -0.142. The average Bonchev–Trinajstić information content (AvgIpc) is 2.35. The largest absolute Gasteiger partial charge is 0.480 e. The van der Waals surface area contributed by atoms with Crippen LogP contribution in [0.15, 0.2) is 0 Å². The minimum absolute atomic E-state index is 0.289. The number of aliphatic carboxylic acids is 1. The fraction of sp³-hybridized carbons (Fsp3) is 0.857. The number of nitrogens with one attached hydrogen (secondary N) is 1. The molecule has 2 N–H and O–H groups in total. The van der Waals surface area contributed by atoms with Crippen LogP contribution in [0.25, 0.3) is 0 Å². The van der Waals surface area contributed by atoms with Gasteiger partial charge in [0, 0.05) is 26.8 Å². The maximum atomic E-state index is 12.1. The van der Waals surface area contributed by atoms with Crippen LogP contribution in [0.1, 0.15) is 33.6 Å². The number of carboxylic acid groups (broad SMARTS) is 1. The number of urea groups is 1. The Morgan fingerprint density at radius 3 is 2.30 bits per heavy atom. The summed E-state index contributed by atoms with van der Waals surface area (Å²) in [7, 11) is 1.68. The van der Waals surface area contributed by atoms with Crippen molar-refractivity contribution in [2.24, 2.45) is 11.3 Å². The van der Waals surface area contributed by atoms with Crippen molar-refractivity contribution in [3.63, 3.8) is 0 Å². The second kappa shape index (κ2) is 6.92. The third kappa shape index (κ3) is 4.67. The van der Waals surface area contributed by atoms with Crippen LogP contribution in [0.4, 0.5) is 4.79 Å². The third-order valence-electron chi connectivity index (χ3n) is 3.68. The van der Waals surface area contributed by atoms with E-state index in [2.05, 4.69) is 5.32 Å². The quantitative estimate of drug-likeness (QED) is 0.822. The Hall–Kier alpha value is -1.30. The second-order valence-corrected chi connectivity index (χ2v) is 6.47. The number of ether oxygens (including phenoxy) is 1. The van der Waals surface area contributed by atoms with Crippen molar-refractivity contribution in [2.45, 2.75) is 39.7 Å². The predicted octanol–water partition coefficient (Wildman–Crippen LogP) is 1.55. The van der Waals surface area contributed by atoms with E-state index in [-0.39, 0.29) is 6.03 Å². The fourth-order valence-corrected chi connectivity index (χ4v) is 2.40. The van der Waals surface area contributed by atoms with E-state index < -0.39 is 17.4 Å². The van der Waals surface area contributed by atoms with Crippen molar-refractivity contribution >= 4 is 12.0 Å². The molecule has 0 aromatic heterocycles. The predicted molar refractivity (Wildman–Crippen MR) is 75.6 cm³/mol. The van der Waals surface area contributed by atoms with Crippen molar-refractivity contribution in [1.29, 1.82) is 0 Å². The van der Waals surface area contributed by atoms with Gasteiger partial charge in [-0.05, 0) is 24.2 Å². The Kier molecular flexibility index (Phi) is 5.80. The molecule has 0 aromatic rings. The minimum Gasteiger partial charge on any atom is -0.480 e. The van der Waals surface area contributed by atoms with E-state index in [0.717, 1.165) is 19.4 Å². The molecule has 20 heavy (non-hydrogen) atoms. The molecule has 1 aliphatic heterocycles. The molecule has 0 aromatic carbocycles. The number of likely N-dealkylation sites (tertiary alicyclic amines) is 1. The van der Waals surface area contributed by atoms with Gasteiger partial charge in [-0.25, -0.2) is 9.59 Å². The second-order valence-electron chi connectivity index (χ2n) is 6.47. The topological polar surface area (TPSA) is 78.9 Å². The number of rotatable bonds is 4. The molecule has 1 aliphatic rings.